The van der Waals surface area contributed by atoms with E-state index in [9.17, 15) is 5.26 Å². The second kappa shape index (κ2) is 7.91. The Hall–Kier alpha value is -3.02. The van der Waals surface area contributed by atoms with E-state index in [2.05, 4.69) is 16.0 Å². The average Bonchev–Trinajstić information content (AvgIpc) is 3.16. The zero-order valence-electron chi connectivity index (χ0n) is 17.2. The van der Waals surface area contributed by atoms with E-state index < -0.39 is 5.41 Å². The molecule has 3 aromatic rings. The molecule has 0 amide bonds. The molecule has 1 aliphatic heterocycles. The summed E-state index contributed by atoms with van der Waals surface area (Å²) in [6.07, 6.45) is 2.34. The van der Waals surface area contributed by atoms with E-state index in [4.69, 9.17) is 43.4 Å². The molecule has 8 nitrogen and oxygen atoms in total. The van der Waals surface area contributed by atoms with Crippen molar-refractivity contribution in [1.29, 1.82) is 5.26 Å². The number of rotatable bonds is 4. The number of fused-ring (bicyclic) bond motifs is 1. The number of ether oxygens (including phenoxy) is 2. The molecule has 0 aliphatic carbocycles. The molecule has 160 valence electrons. The first-order valence-corrected chi connectivity index (χ1v) is 10.3. The third kappa shape index (κ3) is 3.64. The van der Waals surface area contributed by atoms with Crippen molar-refractivity contribution in [1.82, 2.24) is 15.0 Å². The second-order valence-electron chi connectivity index (χ2n) is 7.63. The Morgan fingerprint density at radius 1 is 1.16 bits per heavy atom. The van der Waals surface area contributed by atoms with Gasteiger partial charge in [0.2, 0.25) is 5.95 Å². The first kappa shape index (κ1) is 21.2. The number of methoxy groups -OCH3 is 2. The van der Waals surface area contributed by atoms with Crippen LogP contribution in [0.5, 0.6) is 11.5 Å². The smallest absolute Gasteiger partial charge is 0.220 e. The zero-order valence-corrected chi connectivity index (χ0v) is 18.8. The van der Waals surface area contributed by atoms with Gasteiger partial charge in [0.15, 0.2) is 5.82 Å². The minimum absolute atomic E-state index is 0.143. The molecule has 10 heteroatoms. The molecule has 1 unspecified atom stereocenters. The summed E-state index contributed by atoms with van der Waals surface area (Å²) in [5.74, 6) is 1.56. The average molecular weight is 459 g/mol. The standard InChI is InChI=1S/C21H20Cl2N6O2/c1-21(9-24)4-5-29(10-21)19-18-11(8-26-20(25)28-18)6-12(27-19)15-16(22)13(30-2)7-14(31-3)17(15)23/h6-8H,4-5,10H2,1-3H3,(H2,25,26,28). The molecular weight excluding hydrogens is 439 g/mol. The largest absolute Gasteiger partial charge is 0.495 e. The number of benzene rings is 1. The fraction of sp³-hybridized carbons (Fsp3) is 0.333. The Morgan fingerprint density at radius 3 is 2.42 bits per heavy atom. The number of hydrogen-bond donors (Lipinski definition) is 1. The summed E-state index contributed by atoms with van der Waals surface area (Å²) in [6, 6.07) is 5.81. The maximum Gasteiger partial charge on any atom is 0.220 e. The van der Waals surface area contributed by atoms with Crippen molar-refractivity contribution in [3.63, 3.8) is 0 Å². The molecule has 1 saturated heterocycles. The third-order valence-electron chi connectivity index (χ3n) is 5.44. The van der Waals surface area contributed by atoms with Crippen LogP contribution in [0.1, 0.15) is 13.3 Å². The fourth-order valence-electron chi connectivity index (χ4n) is 3.73. The molecule has 31 heavy (non-hydrogen) atoms. The summed E-state index contributed by atoms with van der Waals surface area (Å²) in [5.41, 5.74) is 6.95. The SMILES string of the molecule is COc1cc(OC)c(Cl)c(-c2cc3cnc(N)nc3c(N3CCC(C)(C#N)C3)n2)c1Cl. The van der Waals surface area contributed by atoms with E-state index in [-0.39, 0.29) is 5.95 Å². The minimum Gasteiger partial charge on any atom is -0.495 e. The lowest BCUT2D eigenvalue weighted by Gasteiger charge is -2.22. The quantitative estimate of drug-likeness (QED) is 0.614. The number of nitrogen functional groups attached to an aromatic ring is 1. The lowest BCUT2D eigenvalue weighted by molar-refractivity contribution is 0.395. The van der Waals surface area contributed by atoms with Crippen molar-refractivity contribution in [2.24, 2.45) is 5.41 Å². The van der Waals surface area contributed by atoms with Crippen LogP contribution in [-0.2, 0) is 0 Å². The van der Waals surface area contributed by atoms with Crippen LogP contribution in [0.3, 0.4) is 0 Å². The predicted octanol–water partition coefficient (Wildman–Crippen LogP) is 4.34. The molecule has 2 N–H and O–H groups in total. The molecular formula is C21H20Cl2N6O2. The maximum atomic E-state index is 9.56. The molecule has 3 heterocycles. The Bertz CT molecular complexity index is 1200. The maximum absolute atomic E-state index is 9.56. The highest BCUT2D eigenvalue weighted by atomic mass is 35.5. The molecule has 0 saturated carbocycles. The highest BCUT2D eigenvalue weighted by Gasteiger charge is 2.36. The van der Waals surface area contributed by atoms with Gasteiger partial charge in [0.25, 0.3) is 0 Å². The molecule has 2 aromatic heterocycles. The fourth-order valence-corrected chi connectivity index (χ4v) is 4.42. The van der Waals surface area contributed by atoms with Crippen molar-refractivity contribution < 1.29 is 9.47 Å². The Kier molecular flexibility index (Phi) is 5.42. The van der Waals surface area contributed by atoms with E-state index in [0.29, 0.717) is 69.0 Å². The van der Waals surface area contributed by atoms with Crippen LogP contribution in [0.2, 0.25) is 10.0 Å². The van der Waals surface area contributed by atoms with E-state index in [1.807, 2.05) is 11.8 Å². The summed E-state index contributed by atoms with van der Waals surface area (Å²) in [4.78, 5) is 15.4. The Labute approximate surface area is 189 Å². The van der Waals surface area contributed by atoms with Crippen LogP contribution < -0.4 is 20.1 Å². The van der Waals surface area contributed by atoms with Gasteiger partial charge in [-0.3, -0.25) is 0 Å². The van der Waals surface area contributed by atoms with Gasteiger partial charge in [-0.15, -0.1) is 0 Å². The number of nitrogens with two attached hydrogens (primary N) is 1. The van der Waals surface area contributed by atoms with E-state index in [0.717, 1.165) is 0 Å². The third-order valence-corrected chi connectivity index (χ3v) is 6.19. The van der Waals surface area contributed by atoms with Crippen molar-refractivity contribution in [3.8, 4) is 28.8 Å². The molecule has 4 rings (SSSR count). The summed E-state index contributed by atoms with van der Waals surface area (Å²) >= 11 is 13.2. The Morgan fingerprint density at radius 2 is 1.84 bits per heavy atom. The van der Waals surface area contributed by atoms with Gasteiger partial charge < -0.3 is 20.1 Å². The molecule has 1 aromatic carbocycles. The topological polar surface area (TPSA) is 110 Å². The summed E-state index contributed by atoms with van der Waals surface area (Å²) in [7, 11) is 3.03. The number of hydrogen-bond acceptors (Lipinski definition) is 8. The summed E-state index contributed by atoms with van der Waals surface area (Å²) in [6.45, 7) is 3.10. The van der Waals surface area contributed by atoms with Crippen molar-refractivity contribution in [2.45, 2.75) is 13.3 Å². The number of nitriles is 1. The van der Waals surface area contributed by atoms with Crippen LogP contribution >= 0.6 is 23.2 Å². The highest BCUT2D eigenvalue weighted by Crippen LogP contribution is 2.46. The van der Waals surface area contributed by atoms with E-state index >= 15 is 0 Å². The summed E-state index contributed by atoms with van der Waals surface area (Å²) in [5, 5.41) is 10.9. The van der Waals surface area contributed by atoms with Crippen molar-refractivity contribution in [3.05, 3.63) is 28.4 Å². The van der Waals surface area contributed by atoms with Gasteiger partial charge in [-0.2, -0.15) is 5.26 Å². The van der Waals surface area contributed by atoms with Crippen LogP contribution in [-0.4, -0.2) is 42.3 Å². The van der Waals surface area contributed by atoms with Crippen LogP contribution in [0.15, 0.2) is 18.3 Å². The monoisotopic (exact) mass is 458 g/mol. The molecule has 1 fully saturated rings. The minimum atomic E-state index is -0.475. The Balaban J connectivity index is 1.98. The summed E-state index contributed by atoms with van der Waals surface area (Å²) < 4.78 is 10.8. The van der Waals surface area contributed by atoms with Gasteiger partial charge in [-0.1, -0.05) is 23.2 Å². The molecule has 1 atom stereocenters. The molecule has 0 radical (unpaired) electrons. The van der Waals surface area contributed by atoms with Crippen LogP contribution in [0, 0.1) is 16.7 Å². The van der Waals surface area contributed by atoms with Gasteiger partial charge in [-0.25, -0.2) is 15.0 Å². The predicted molar refractivity (Wildman–Crippen MR) is 121 cm³/mol. The van der Waals surface area contributed by atoms with Gasteiger partial charge in [0.1, 0.15) is 17.0 Å². The van der Waals surface area contributed by atoms with E-state index in [1.54, 1.807) is 18.3 Å². The normalized spacial score (nSPS) is 18.3. The van der Waals surface area contributed by atoms with Gasteiger partial charge in [-0.05, 0) is 19.4 Å². The molecule has 0 bridgehead atoms. The van der Waals surface area contributed by atoms with Crippen LogP contribution in [0.25, 0.3) is 22.2 Å². The number of anilines is 2. The van der Waals surface area contributed by atoms with Gasteiger partial charge >= 0.3 is 0 Å². The number of halogens is 2. The van der Waals surface area contributed by atoms with Gasteiger partial charge in [0.05, 0.1) is 41.4 Å². The van der Waals surface area contributed by atoms with Gasteiger partial charge in [0, 0.05) is 36.3 Å². The van der Waals surface area contributed by atoms with Crippen LogP contribution in [0.4, 0.5) is 11.8 Å². The lowest BCUT2D eigenvalue weighted by Crippen LogP contribution is -2.25. The van der Waals surface area contributed by atoms with E-state index in [1.165, 1.54) is 14.2 Å². The zero-order chi connectivity index (χ0) is 22.3. The first-order chi connectivity index (χ1) is 14.8. The highest BCUT2D eigenvalue weighted by molar-refractivity contribution is 6.41. The first-order valence-electron chi connectivity index (χ1n) is 9.50. The van der Waals surface area contributed by atoms with Crippen molar-refractivity contribution >= 4 is 45.9 Å². The number of pyridine rings is 1. The molecule has 1 aliphatic rings. The lowest BCUT2D eigenvalue weighted by atomic mass is 9.92. The number of nitrogens with zero attached hydrogens (tertiary/aromatic N) is 5. The second-order valence-corrected chi connectivity index (χ2v) is 8.38. The molecule has 0 spiro atoms. The number of aromatic nitrogens is 3. The van der Waals surface area contributed by atoms with Crippen molar-refractivity contribution in [2.75, 3.05) is 37.9 Å².